The van der Waals surface area contributed by atoms with Gasteiger partial charge in [0.2, 0.25) is 5.91 Å². The van der Waals surface area contributed by atoms with E-state index >= 15 is 0 Å². The SMILES string of the molecule is CN(C)C(=O)CNC(=NCc1ccc(Cl)cc1Cl)NCCCN1CCOCC1. The van der Waals surface area contributed by atoms with E-state index < -0.39 is 0 Å². The Morgan fingerprint density at radius 2 is 2.00 bits per heavy atom. The lowest BCUT2D eigenvalue weighted by atomic mass is 10.2. The van der Waals surface area contributed by atoms with Crippen molar-refractivity contribution < 1.29 is 9.53 Å². The zero-order valence-corrected chi connectivity index (χ0v) is 18.0. The van der Waals surface area contributed by atoms with E-state index in [4.69, 9.17) is 27.9 Å². The maximum absolute atomic E-state index is 11.9. The number of carbonyl (C=O) groups is 1. The molecule has 1 saturated heterocycles. The first kappa shape index (κ1) is 22.7. The summed E-state index contributed by atoms with van der Waals surface area (Å²) in [5.74, 6) is 0.565. The van der Waals surface area contributed by atoms with E-state index in [0.717, 1.165) is 51.4 Å². The average molecular weight is 430 g/mol. The van der Waals surface area contributed by atoms with Crippen LogP contribution in [-0.2, 0) is 16.1 Å². The van der Waals surface area contributed by atoms with E-state index in [0.29, 0.717) is 22.5 Å². The molecule has 1 aromatic rings. The third-order valence-corrected chi connectivity index (χ3v) is 4.96. The summed E-state index contributed by atoms with van der Waals surface area (Å²) in [5, 5.41) is 7.55. The Labute approximate surface area is 177 Å². The highest BCUT2D eigenvalue weighted by Gasteiger charge is 2.10. The van der Waals surface area contributed by atoms with E-state index in [-0.39, 0.29) is 12.5 Å². The predicted octanol–water partition coefficient (Wildman–Crippen LogP) is 1.84. The fourth-order valence-electron chi connectivity index (χ4n) is 2.64. The molecule has 0 aliphatic carbocycles. The molecule has 9 heteroatoms. The summed E-state index contributed by atoms with van der Waals surface area (Å²) >= 11 is 12.2. The Morgan fingerprint density at radius 3 is 2.68 bits per heavy atom. The highest BCUT2D eigenvalue weighted by molar-refractivity contribution is 6.35. The first-order chi connectivity index (χ1) is 13.5. The molecule has 0 saturated carbocycles. The number of carbonyl (C=O) groups excluding carboxylic acids is 1. The molecule has 2 N–H and O–H groups in total. The second-order valence-electron chi connectivity index (χ2n) is 6.78. The Balaban J connectivity index is 1.88. The van der Waals surface area contributed by atoms with E-state index in [1.807, 2.05) is 6.07 Å². The number of likely N-dealkylation sites (N-methyl/N-ethyl adjacent to an activating group) is 1. The third kappa shape index (κ3) is 8.22. The lowest BCUT2D eigenvalue weighted by Gasteiger charge is -2.26. The summed E-state index contributed by atoms with van der Waals surface area (Å²) in [6.45, 7) is 5.89. The highest BCUT2D eigenvalue weighted by atomic mass is 35.5. The molecule has 7 nitrogen and oxygen atoms in total. The summed E-state index contributed by atoms with van der Waals surface area (Å²) in [6, 6.07) is 5.35. The van der Waals surface area contributed by atoms with Crippen molar-refractivity contribution in [3.05, 3.63) is 33.8 Å². The zero-order valence-electron chi connectivity index (χ0n) is 16.5. The predicted molar refractivity (Wildman–Crippen MR) is 114 cm³/mol. The van der Waals surface area contributed by atoms with Crippen molar-refractivity contribution >= 4 is 35.1 Å². The van der Waals surface area contributed by atoms with E-state index in [2.05, 4.69) is 20.5 Å². The number of amides is 1. The van der Waals surface area contributed by atoms with Crippen molar-refractivity contribution in [2.24, 2.45) is 4.99 Å². The van der Waals surface area contributed by atoms with Crippen molar-refractivity contribution in [3.63, 3.8) is 0 Å². The minimum Gasteiger partial charge on any atom is -0.379 e. The molecule has 1 fully saturated rings. The molecule has 1 aromatic carbocycles. The lowest BCUT2D eigenvalue weighted by molar-refractivity contribution is -0.127. The summed E-state index contributed by atoms with van der Waals surface area (Å²) < 4.78 is 5.37. The Kier molecular flexibility index (Phi) is 9.84. The van der Waals surface area contributed by atoms with Gasteiger partial charge >= 0.3 is 0 Å². The van der Waals surface area contributed by atoms with Crippen molar-refractivity contribution in [2.45, 2.75) is 13.0 Å². The molecule has 0 aromatic heterocycles. The Morgan fingerprint density at radius 1 is 1.25 bits per heavy atom. The quantitative estimate of drug-likeness (QED) is 0.374. The van der Waals surface area contributed by atoms with Crippen LogP contribution >= 0.6 is 23.2 Å². The van der Waals surface area contributed by atoms with Crippen molar-refractivity contribution in [1.82, 2.24) is 20.4 Å². The lowest BCUT2D eigenvalue weighted by Crippen LogP contribution is -2.44. The van der Waals surface area contributed by atoms with Crippen molar-refractivity contribution in [2.75, 3.05) is 60.0 Å². The van der Waals surface area contributed by atoms with E-state index in [9.17, 15) is 4.79 Å². The molecule has 1 aliphatic heterocycles. The molecule has 0 radical (unpaired) electrons. The van der Waals surface area contributed by atoms with Crippen LogP contribution in [0, 0.1) is 0 Å². The van der Waals surface area contributed by atoms with Crippen molar-refractivity contribution in [1.29, 1.82) is 0 Å². The molecular weight excluding hydrogens is 401 g/mol. The van der Waals surface area contributed by atoms with E-state index in [1.54, 1.807) is 31.1 Å². The van der Waals surface area contributed by atoms with E-state index in [1.165, 1.54) is 0 Å². The number of hydrogen-bond acceptors (Lipinski definition) is 4. The molecule has 1 amide bonds. The van der Waals surface area contributed by atoms with Crippen LogP contribution in [-0.4, -0.2) is 81.7 Å². The van der Waals surface area contributed by atoms with Crippen LogP contribution in [0.3, 0.4) is 0 Å². The smallest absolute Gasteiger partial charge is 0.241 e. The molecule has 0 bridgehead atoms. The van der Waals surface area contributed by atoms with Crippen LogP contribution in [0.5, 0.6) is 0 Å². The summed E-state index contributed by atoms with van der Waals surface area (Å²) in [7, 11) is 3.45. The van der Waals surface area contributed by atoms with Gasteiger partial charge in [0.05, 0.1) is 26.3 Å². The third-order valence-electron chi connectivity index (χ3n) is 4.38. The molecule has 156 valence electrons. The normalized spacial score (nSPS) is 15.4. The van der Waals surface area contributed by atoms with Crippen LogP contribution in [0.4, 0.5) is 0 Å². The molecule has 0 unspecified atom stereocenters. The monoisotopic (exact) mass is 429 g/mol. The first-order valence-electron chi connectivity index (χ1n) is 9.42. The van der Waals surface area contributed by atoms with Crippen LogP contribution < -0.4 is 10.6 Å². The fourth-order valence-corrected chi connectivity index (χ4v) is 3.11. The van der Waals surface area contributed by atoms with Gasteiger partial charge in [-0.1, -0.05) is 29.3 Å². The fraction of sp³-hybridized carbons (Fsp3) is 0.579. The molecule has 1 aliphatic rings. The van der Waals surface area contributed by atoms with Crippen LogP contribution in [0.2, 0.25) is 10.0 Å². The maximum atomic E-state index is 11.9. The highest BCUT2D eigenvalue weighted by Crippen LogP contribution is 2.21. The van der Waals surface area contributed by atoms with Gasteiger partial charge in [-0.15, -0.1) is 0 Å². The van der Waals surface area contributed by atoms with Crippen molar-refractivity contribution in [3.8, 4) is 0 Å². The van der Waals surface area contributed by atoms with Gasteiger partial charge in [0.1, 0.15) is 0 Å². The zero-order chi connectivity index (χ0) is 20.4. The molecule has 2 rings (SSSR count). The average Bonchev–Trinajstić information content (AvgIpc) is 2.68. The number of nitrogens with zero attached hydrogens (tertiary/aromatic N) is 3. The molecule has 1 heterocycles. The number of morpholine rings is 1. The Hall–Kier alpha value is -1.54. The topological polar surface area (TPSA) is 69.2 Å². The number of rotatable bonds is 8. The number of nitrogens with one attached hydrogen (secondary N) is 2. The Bertz CT molecular complexity index is 664. The van der Waals surface area contributed by atoms with Crippen LogP contribution in [0.25, 0.3) is 0 Å². The largest absolute Gasteiger partial charge is 0.379 e. The van der Waals surface area contributed by atoms with Crippen LogP contribution in [0.15, 0.2) is 23.2 Å². The molecule has 0 atom stereocenters. The van der Waals surface area contributed by atoms with Crippen LogP contribution in [0.1, 0.15) is 12.0 Å². The van der Waals surface area contributed by atoms with Gasteiger partial charge in [-0.05, 0) is 30.7 Å². The first-order valence-corrected chi connectivity index (χ1v) is 10.2. The van der Waals surface area contributed by atoms with Gasteiger partial charge in [0.15, 0.2) is 5.96 Å². The number of guanidine groups is 1. The second kappa shape index (κ2) is 12.1. The minimum absolute atomic E-state index is 0.0210. The summed E-state index contributed by atoms with van der Waals surface area (Å²) in [6.07, 6.45) is 0.976. The van der Waals surface area contributed by atoms with Gasteiger partial charge in [0.25, 0.3) is 0 Å². The number of benzene rings is 1. The van der Waals surface area contributed by atoms with Gasteiger partial charge in [-0.25, -0.2) is 4.99 Å². The summed E-state index contributed by atoms with van der Waals surface area (Å²) in [5.41, 5.74) is 0.874. The van der Waals surface area contributed by atoms with Gasteiger partial charge in [0, 0.05) is 43.8 Å². The second-order valence-corrected chi connectivity index (χ2v) is 7.62. The van der Waals surface area contributed by atoms with Gasteiger partial charge in [-0.3, -0.25) is 9.69 Å². The number of ether oxygens (including phenoxy) is 1. The summed E-state index contributed by atoms with van der Waals surface area (Å²) in [4.78, 5) is 20.4. The number of halogens is 2. The molecule has 28 heavy (non-hydrogen) atoms. The van der Waals surface area contributed by atoms with Gasteiger partial charge < -0.3 is 20.3 Å². The molecular formula is C19H29Cl2N5O2. The van der Waals surface area contributed by atoms with Gasteiger partial charge in [-0.2, -0.15) is 0 Å². The molecule has 0 spiro atoms. The standard InChI is InChI=1S/C19H29Cl2N5O2/c1-25(2)18(27)14-24-19(22-6-3-7-26-8-10-28-11-9-26)23-13-15-4-5-16(20)12-17(15)21/h4-5,12H,3,6-11,13-14H2,1-2H3,(H2,22,23,24). The number of aliphatic imine (C=N–C) groups is 1. The maximum Gasteiger partial charge on any atom is 0.241 e. The minimum atomic E-state index is -0.0210. The number of hydrogen-bond donors (Lipinski definition) is 2.